The van der Waals surface area contributed by atoms with E-state index in [1.807, 2.05) is 85.4 Å². The average Bonchev–Trinajstić information content (AvgIpc) is 2.98. The highest BCUT2D eigenvalue weighted by Crippen LogP contribution is 2.40. The van der Waals surface area contributed by atoms with E-state index in [4.69, 9.17) is 0 Å². The molecule has 0 spiro atoms. The van der Waals surface area contributed by atoms with Crippen molar-refractivity contribution in [2.24, 2.45) is 0 Å². The number of carbonyl (C=O) groups is 2. The van der Waals surface area contributed by atoms with Crippen molar-refractivity contribution >= 4 is 23.1 Å². The summed E-state index contributed by atoms with van der Waals surface area (Å²) in [5, 5.41) is 12.4. The van der Waals surface area contributed by atoms with Gasteiger partial charge in [-0.25, -0.2) is 0 Å². The molecule has 2 aromatic rings. The van der Waals surface area contributed by atoms with E-state index in [2.05, 4.69) is 5.32 Å². The Balaban J connectivity index is 1.63. The van der Waals surface area contributed by atoms with Crippen LogP contribution in [0.15, 0.2) is 59.9 Å². The fourth-order valence-electron chi connectivity index (χ4n) is 3.40. The second-order valence-corrected chi connectivity index (χ2v) is 7.10. The lowest BCUT2D eigenvalue weighted by molar-refractivity contribution is -0.124. The minimum absolute atomic E-state index is 0.00977. The number of anilines is 2. The molecule has 1 aliphatic rings. The Morgan fingerprint density at radius 2 is 1.55 bits per heavy atom. The number of amides is 1. The number of carbonyl (C=O) groups excluding carboxylic acids is 2. The summed E-state index contributed by atoms with van der Waals surface area (Å²) in [6.45, 7) is 2.42. The van der Waals surface area contributed by atoms with Crippen LogP contribution in [0.2, 0.25) is 0 Å². The van der Waals surface area contributed by atoms with Gasteiger partial charge in [-0.15, -0.1) is 0 Å². The number of benzene rings is 2. The molecule has 1 amide bonds. The van der Waals surface area contributed by atoms with E-state index in [9.17, 15) is 14.9 Å². The molecule has 0 bridgehead atoms. The van der Waals surface area contributed by atoms with Gasteiger partial charge in [0.25, 0.3) is 0 Å². The van der Waals surface area contributed by atoms with Gasteiger partial charge in [0.2, 0.25) is 5.91 Å². The first kappa shape index (κ1) is 20.2. The molecule has 6 nitrogen and oxygen atoms in total. The van der Waals surface area contributed by atoms with Crippen LogP contribution in [0.5, 0.6) is 0 Å². The Hall–Kier alpha value is -3.59. The molecule has 0 radical (unpaired) electrons. The number of Topliss-reactive ketones (excluding diaryl/α,β-unsaturated/α-hetero) is 1. The van der Waals surface area contributed by atoms with E-state index in [-0.39, 0.29) is 30.1 Å². The van der Waals surface area contributed by atoms with Gasteiger partial charge in [0.05, 0.1) is 11.4 Å². The number of aryl methyl sites for hydroxylation is 1. The highest BCUT2D eigenvalue weighted by atomic mass is 16.2. The first-order valence-corrected chi connectivity index (χ1v) is 9.48. The van der Waals surface area contributed by atoms with Crippen molar-refractivity contribution in [3.8, 4) is 6.07 Å². The normalized spacial score (nSPS) is 12.4. The molecular weight excluding hydrogens is 364 g/mol. The summed E-state index contributed by atoms with van der Waals surface area (Å²) in [6, 6.07) is 17.7. The van der Waals surface area contributed by atoms with Crippen LogP contribution in [0, 0.1) is 18.3 Å². The van der Waals surface area contributed by atoms with Gasteiger partial charge in [0.15, 0.2) is 5.78 Å². The zero-order valence-electron chi connectivity index (χ0n) is 16.9. The summed E-state index contributed by atoms with van der Waals surface area (Å²) in [5.74, 6) is -0.00381. The Kier molecular flexibility index (Phi) is 5.99. The maximum absolute atomic E-state index is 12.7. The highest BCUT2D eigenvalue weighted by molar-refractivity contribution is 6.03. The van der Waals surface area contributed by atoms with Crippen molar-refractivity contribution in [3.05, 3.63) is 71.1 Å². The number of hydrogen-bond donors (Lipinski definition) is 1. The maximum atomic E-state index is 12.7. The second kappa shape index (κ2) is 8.61. The third-order valence-electron chi connectivity index (χ3n) is 5.04. The van der Waals surface area contributed by atoms with Crippen molar-refractivity contribution in [2.45, 2.75) is 26.3 Å². The minimum atomic E-state index is -0.334. The molecule has 0 unspecified atom stereocenters. The number of nitrogens with zero attached hydrogens (tertiary/aromatic N) is 3. The predicted molar refractivity (Wildman–Crippen MR) is 113 cm³/mol. The third kappa shape index (κ3) is 4.30. The summed E-state index contributed by atoms with van der Waals surface area (Å²) in [5.41, 5.74) is 4.09. The molecule has 0 fully saturated rings. The smallest absolute Gasteiger partial charge is 0.220 e. The SMILES string of the molecule is Cc1ccc(CNC(=O)CCC(=O)C(C#N)=C2N(C)c3ccccc3N2C)cc1. The molecule has 29 heavy (non-hydrogen) atoms. The van der Waals surface area contributed by atoms with Gasteiger partial charge < -0.3 is 15.1 Å². The topological polar surface area (TPSA) is 76.4 Å². The van der Waals surface area contributed by atoms with Crippen LogP contribution in [0.1, 0.15) is 24.0 Å². The van der Waals surface area contributed by atoms with Gasteiger partial charge in [0, 0.05) is 33.5 Å². The maximum Gasteiger partial charge on any atom is 0.220 e. The van der Waals surface area contributed by atoms with Crippen LogP contribution >= 0.6 is 0 Å². The summed E-state index contributed by atoms with van der Waals surface area (Å²) in [4.78, 5) is 28.5. The van der Waals surface area contributed by atoms with Gasteiger partial charge in [-0.3, -0.25) is 9.59 Å². The molecule has 0 saturated heterocycles. The van der Waals surface area contributed by atoms with Crippen LogP contribution in [0.25, 0.3) is 0 Å². The fourth-order valence-corrected chi connectivity index (χ4v) is 3.40. The summed E-state index contributed by atoms with van der Waals surface area (Å²) < 4.78 is 0. The Bertz CT molecular complexity index is 971. The van der Waals surface area contributed by atoms with Crippen molar-refractivity contribution in [2.75, 3.05) is 23.9 Å². The van der Waals surface area contributed by atoms with Gasteiger partial charge >= 0.3 is 0 Å². The number of nitrogens with one attached hydrogen (secondary N) is 1. The standard InChI is InChI=1S/C23H24N4O2/c1-16-8-10-17(11-9-16)15-25-22(29)13-12-21(28)18(14-24)23-26(2)19-6-4-5-7-20(19)27(23)3/h4-11H,12-13,15H2,1-3H3,(H,25,29). The highest BCUT2D eigenvalue weighted by Gasteiger charge is 2.31. The van der Waals surface area contributed by atoms with E-state index in [1.54, 1.807) is 0 Å². The largest absolute Gasteiger partial charge is 0.352 e. The van der Waals surface area contributed by atoms with Crippen molar-refractivity contribution in [1.82, 2.24) is 5.32 Å². The monoisotopic (exact) mass is 388 g/mol. The molecule has 0 aliphatic carbocycles. The Morgan fingerprint density at radius 3 is 2.10 bits per heavy atom. The lowest BCUT2D eigenvalue weighted by Gasteiger charge is -2.19. The van der Waals surface area contributed by atoms with Gasteiger partial charge in [-0.2, -0.15) is 5.26 Å². The van der Waals surface area contributed by atoms with Crippen LogP contribution < -0.4 is 15.1 Å². The van der Waals surface area contributed by atoms with E-state index < -0.39 is 0 Å². The second-order valence-electron chi connectivity index (χ2n) is 7.10. The van der Waals surface area contributed by atoms with Crippen molar-refractivity contribution in [1.29, 1.82) is 5.26 Å². The van der Waals surface area contributed by atoms with E-state index >= 15 is 0 Å². The van der Waals surface area contributed by atoms with Gasteiger partial charge in [-0.05, 0) is 24.6 Å². The molecule has 1 heterocycles. The molecule has 0 atom stereocenters. The Morgan fingerprint density at radius 1 is 0.966 bits per heavy atom. The third-order valence-corrected chi connectivity index (χ3v) is 5.04. The number of nitriles is 1. The average molecular weight is 388 g/mol. The molecule has 6 heteroatoms. The van der Waals surface area contributed by atoms with Crippen LogP contribution in [0.4, 0.5) is 11.4 Å². The van der Waals surface area contributed by atoms with Gasteiger partial charge in [0.1, 0.15) is 17.5 Å². The van der Waals surface area contributed by atoms with E-state index in [0.29, 0.717) is 12.4 Å². The van der Waals surface area contributed by atoms with E-state index in [1.165, 1.54) is 0 Å². The molecule has 0 aromatic heterocycles. The molecule has 2 aromatic carbocycles. The number of ketones is 1. The zero-order chi connectivity index (χ0) is 21.0. The molecule has 148 valence electrons. The van der Waals surface area contributed by atoms with Gasteiger partial charge in [-0.1, -0.05) is 42.0 Å². The van der Waals surface area contributed by atoms with Crippen molar-refractivity contribution < 1.29 is 9.59 Å². The number of rotatable bonds is 6. The lowest BCUT2D eigenvalue weighted by Crippen LogP contribution is -2.27. The molecule has 1 aliphatic heterocycles. The van der Waals surface area contributed by atoms with Crippen LogP contribution in [0.3, 0.4) is 0 Å². The minimum Gasteiger partial charge on any atom is -0.352 e. The predicted octanol–water partition coefficient (Wildman–Crippen LogP) is 3.28. The summed E-state index contributed by atoms with van der Waals surface area (Å²) >= 11 is 0. The lowest BCUT2D eigenvalue weighted by atomic mass is 10.1. The number of para-hydroxylation sites is 2. The zero-order valence-corrected chi connectivity index (χ0v) is 16.9. The van der Waals surface area contributed by atoms with Crippen LogP contribution in [-0.2, 0) is 16.1 Å². The Labute approximate surface area is 171 Å². The molecule has 1 N–H and O–H groups in total. The summed E-state index contributed by atoms with van der Waals surface area (Å²) in [6.07, 6.45) is 0.0354. The fraction of sp³-hybridized carbons (Fsp3) is 0.261. The number of allylic oxidation sites excluding steroid dienone is 1. The van der Waals surface area contributed by atoms with Crippen LogP contribution in [-0.4, -0.2) is 25.8 Å². The first-order valence-electron chi connectivity index (χ1n) is 9.48. The molecule has 3 rings (SSSR count). The quantitative estimate of drug-likeness (QED) is 0.607. The molecular formula is C23H24N4O2. The number of fused-ring (bicyclic) bond motifs is 1. The van der Waals surface area contributed by atoms with Crippen molar-refractivity contribution in [3.63, 3.8) is 0 Å². The number of hydrogen-bond acceptors (Lipinski definition) is 5. The summed E-state index contributed by atoms with van der Waals surface area (Å²) in [7, 11) is 3.66. The molecule has 0 saturated carbocycles. The first-order chi connectivity index (χ1) is 13.9. The van der Waals surface area contributed by atoms with E-state index in [0.717, 1.165) is 22.5 Å².